The summed E-state index contributed by atoms with van der Waals surface area (Å²) in [6.45, 7) is 8.78. The van der Waals surface area contributed by atoms with Gasteiger partial charge in [-0.25, -0.2) is 0 Å². The molecule has 0 saturated carbocycles. The average molecular weight is 945 g/mol. The SMILES string of the molecule is CCC1(O)CC(OC2CC(N(C)C)C(OC3CC(O)C(OC4CCC(O)C(C)O4)C(C)O3)C(C)O2)c2c(O)c3c(c(O)c2C1OC1CC(N(C)C)C(O)C(C)O1)C(=O)c1cccc(O)c1C3=O. The summed E-state index contributed by atoms with van der Waals surface area (Å²) in [4.78, 5) is 32.3. The number of aliphatic hydroxyl groups excluding tert-OH is 3. The molecule has 372 valence electrons. The molecule has 18 unspecified atom stereocenters. The Bertz CT molecular complexity index is 2140. The molecule has 0 amide bonds. The lowest BCUT2D eigenvalue weighted by Crippen LogP contribution is -2.58. The van der Waals surface area contributed by atoms with E-state index in [1.165, 1.54) is 18.2 Å². The van der Waals surface area contributed by atoms with Gasteiger partial charge in [-0.05, 0) is 74.8 Å². The summed E-state index contributed by atoms with van der Waals surface area (Å²) >= 11 is 0. The fourth-order valence-electron chi connectivity index (χ4n) is 10.9. The molecule has 0 bridgehead atoms. The molecular formula is C48H68N2O17. The predicted molar refractivity (Wildman–Crippen MR) is 235 cm³/mol. The molecule has 0 spiro atoms. The van der Waals surface area contributed by atoms with Gasteiger partial charge >= 0.3 is 0 Å². The molecule has 0 aromatic heterocycles. The minimum absolute atomic E-state index is 0.0332. The van der Waals surface area contributed by atoms with Gasteiger partial charge in [-0.1, -0.05) is 19.1 Å². The smallest absolute Gasteiger partial charge is 0.202 e. The highest BCUT2D eigenvalue weighted by Crippen LogP contribution is 2.58. The molecule has 8 rings (SSSR count). The van der Waals surface area contributed by atoms with Crippen molar-refractivity contribution < 1.29 is 83.2 Å². The molecule has 4 saturated heterocycles. The van der Waals surface area contributed by atoms with Crippen LogP contribution in [0.4, 0.5) is 0 Å². The van der Waals surface area contributed by atoms with Gasteiger partial charge in [0.1, 0.15) is 35.6 Å². The lowest BCUT2D eigenvalue weighted by Gasteiger charge is -2.49. The van der Waals surface area contributed by atoms with Crippen molar-refractivity contribution >= 4 is 11.6 Å². The van der Waals surface area contributed by atoms with Crippen molar-refractivity contribution in [1.82, 2.24) is 9.80 Å². The van der Waals surface area contributed by atoms with Crippen molar-refractivity contribution in [1.29, 1.82) is 0 Å². The van der Waals surface area contributed by atoms with E-state index < -0.39 is 144 Å². The van der Waals surface area contributed by atoms with E-state index in [9.17, 15) is 45.3 Å². The third-order valence-corrected chi connectivity index (χ3v) is 14.8. The number of fused-ring (bicyclic) bond motifs is 3. The van der Waals surface area contributed by atoms with Gasteiger partial charge in [0.2, 0.25) is 5.78 Å². The number of benzene rings is 2. The number of rotatable bonds is 11. The zero-order valence-corrected chi connectivity index (χ0v) is 39.6. The van der Waals surface area contributed by atoms with Crippen LogP contribution in [0, 0.1) is 0 Å². The lowest BCUT2D eigenvalue weighted by molar-refractivity contribution is -0.329. The van der Waals surface area contributed by atoms with Gasteiger partial charge in [-0.3, -0.25) is 9.59 Å². The molecule has 2 aliphatic carbocycles. The van der Waals surface area contributed by atoms with Crippen LogP contribution in [0.2, 0.25) is 0 Å². The highest BCUT2D eigenvalue weighted by molar-refractivity contribution is 6.31. The largest absolute Gasteiger partial charge is 0.507 e. The second-order valence-corrected chi connectivity index (χ2v) is 19.7. The van der Waals surface area contributed by atoms with Crippen LogP contribution in [0.5, 0.6) is 17.2 Å². The molecule has 2 aromatic rings. The molecule has 0 radical (unpaired) electrons. The Morgan fingerprint density at radius 1 is 0.642 bits per heavy atom. The Labute approximate surface area is 390 Å². The third kappa shape index (κ3) is 9.26. The second-order valence-electron chi connectivity index (χ2n) is 19.7. The van der Waals surface area contributed by atoms with E-state index in [1.54, 1.807) is 34.6 Å². The van der Waals surface area contributed by atoms with Gasteiger partial charge in [0.25, 0.3) is 0 Å². The first-order valence-electron chi connectivity index (χ1n) is 23.5. The Morgan fingerprint density at radius 2 is 1.21 bits per heavy atom. The number of hydrogen-bond acceptors (Lipinski definition) is 19. The van der Waals surface area contributed by atoms with Gasteiger partial charge in [-0.2, -0.15) is 0 Å². The van der Waals surface area contributed by atoms with E-state index in [4.69, 9.17) is 37.9 Å². The fourth-order valence-corrected chi connectivity index (χ4v) is 10.9. The number of carbonyl (C=O) groups is 2. The zero-order chi connectivity index (χ0) is 48.5. The van der Waals surface area contributed by atoms with Crippen LogP contribution in [0.15, 0.2) is 18.2 Å². The maximum Gasteiger partial charge on any atom is 0.202 e. The van der Waals surface area contributed by atoms with Crippen molar-refractivity contribution in [3.05, 3.63) is 51.6 Å². The van der Waals surface area contributed by atoms with Crippen LogP contribution in [0.3, 0.4) is 0 Å². The van der Waals surface area contributed by atoms with Crippen molar-refractivity contribution in [2.24, 2.45) is 0 Å². The first-order chi connectivity index (χ1) is 31.6. The van der Waals surface area contributed by atoms with Gasteiger partial charge < -0.3 is 83.4 Å². The molecule has 2 aromatic carbocycles. The van der Waals surface area contributed by atoms with Crippen molar-refractivity contribution in [3.8, 4) is 17.2 Å². The van der Waals surface area contributed by atoms with Crippen LogP contribution in [-0.4, -0.2) is 183 Å². The first kappa shape index (κ1) is 50.0. The van der Waals surface area contributed by atoms with Crippen LogP contribution >= 0.6 is 0 Å². The van der Waals surface area contributed by atoms with E-state index in [-0.39, 0.29) is 60.4 Å². The number of aromatic hydroxyl groups is 3. The number of phenols is 3. The van der Waals surface area contributed by atoms with E-state index in [1.807, 2.05) is 38.0 Å². The Kier molecular flexibility index (Phi) is 14.5. The number of ketones is 2. The van der Waals surface area contributed by atoms with Gasteiger partial charge in [0, 0.05) is 60.9 Å². The van der Waals surface area contributed by atoms with Crippen molar-refractivity contribution in [2.75, 3.05) is 28.2 Å². The van der Waals surface area contributed by atoms with Gasteiger partial charge in [-0.15, -0.1) is 0 Å². The third-order valence-electron chi connectivity index (χ3n) is 14.8. The summed E-state index contributed by atoms with van der Waals surface area (Å²) in [7, 11) is 7.36. The van der Waals surface area contributed by atoms with Crippen LogP contribution in [-0.2, 0) is 37.9 Å². The maximum absolute atomic E-state index is 14.3. The molecule has 19 heteroatoms. The standard InChI is InChI=1S/C48H68N2O17/c1-10-48(59)19-30(64-32-17-26(50(8)9)45(22(4)62-32)66-34-18-29(53)46(23(5)63-34)65-31-15-14-27(51)20(2)60-31)36-39(47(48)67-33-16-25(49(6)7)40(54)21(3)61-33)44(58)37-38(43(36)57)42(56)35-24(41(37)55)12-11-13-28(35)52/h11-13,20-23,25-27,29-34,40,45-47,51-54,57-59H,10,14-19H2,1-9H3. The summed E-state index contributed by atoms with van der Waals surface area (Å²) in [6.07, 6.45) is -11.0. The summed E-state index contributed by atoms with van der Waals surface area (Å²) < 4.78 is 50.8. The van der Waals surface area contributed by atoms with E-state index in [0.29, 0.717) is 12.8 Å². The number of aliphatic hydroxyl groups is 4. The van der Waals surface area contributed by atoms with Crippen molar-refractivity contribution in [3.63, 3.8) is 0 Å². The molecule has 7 N–H and O–H groups in total. The Balaban J connectivity index is 1.09. The summed E-state index contributed by atoms with van der Waals surface area (Å²) in [5.74, 6) is -3.60. The molecular weight excluding hydrogens is 877 g/mol. The summed E-state index contributed by atoms with van der Waals surface area (Å²) in [6, 6.07) is 3.20. The first-order valence-corrected chi connectivity index (χ1v) is 23.5. The van der Waals surface area contributed by atoms with Crippen molar-refractivity contribution in [2.45, 2.75) is 190 Å². The quantitative estimate of drug-likeness (QED) is 0.136. The second kappa shape index (κ2) is 19.4. The lowest BCUT2D eigenvalue weighted by atomic mass is 9.70. The maximum atomic E-state index is 14.3. The number of likely N-dealkylation sites (N-methyl/N-ethyl adjacent to an activating group) is 2. The van der Waals surface area contributed by atoms with Gasteiger partial charge in [0.15, 0.2) is 30.9 Å². The Morgan fingerprint density at radius 3 is 1.85 bits per heavy atom. The number of ether oxygens (including phenoxy) is 8. The van der Waals surface area contributed by atoms with Crippen LogP contribution in [0.1, 0.15) is 135 Å². The number of carbonyl (C=O) groups excluding carboxylic acids is 2. The zero-order valence-electron chi connectivity index (χ0n) is 39.6. The van der Waals surface area contributed by atoms with Gasteiger partial charge in [0.05, 0.1) is 71.1 Å². The van der Waals surface area contributed by atoms with Crippen LogP contribution < -0.4 is 0 Å². The average Bonchev–Trinajstić information content (AvgIpc) is 3.26. The minimum Gasteiger partial charge on any atom is -0.507 e. The molecule has 4 heterocycles. The molecule has 67 heavy (non-hydrogen) atoms. The number of hydrogen-bond donors (Lipinski definition) is 7. The van der Waals surface area contributed by atoms with E-state index in [2.05, 4.69) is 0 Å². The van der Waals surface area contributed by atoms with E-state index in [0.717, 1.165) is 0 Å². The summed E-state index contributed by atoms with van der Waals surface area (Å²) in [5, 5.41) is 80.6. The molecule has 18 atom stereocenters. The number of nitrogens with zero attached hydrogens (tertiary/aromatic N) is 2. The predicted octanol–water partition coefficient (Wildman–Crippen LogP) is 2.88. The molecule has 4 aliphatic heterocycles. The number of phenolic OH excluding ortho intramolecular Hbond substituents is 3. The monoisotopic (exact) mass is 944 g/mol. The minimum atomic E-state index is -1.84. The fraction of sp³-hybridized carbons (Fsp3) is 0.708. The molecule has 6 aliphatic rings. The summed E-state index contributed by atoms with van der Waals surface area (Å²) in [5.41, 5.74) is -3.67. The molecule has 4 fully saturated rings. The highest BCUT2D eigenvalue weighted by Gasteiger charge is 2.55. The Hall–Kier alpha value is -3.38. The molecule has 19 nitrogen and oxygen atoms in total. The highest BCUT2D eigenvalue weighted by atomic mass is 16.7. The van der Waals surface area contributed by atoms with E-state index >= 15 is 0 Å². The van der Waals surface area contributed by atoms with Crippen LogP contribution in [0.25, 0.3) is 0 Å². The normalized spacial score (nSPS) is 40.1. The topological polar surface area (TPSA) is 256 Å².